The summed E-state index contributed by atoms with van der Waals surface area (Å²) >= 11 is 0. The Labute approximate surface area is 95.2 Å². The minimum Gasteiger partial charge on any atom is -0.487 e. The van der Waals surface area contributed by atoms with Crippen LogP contribution in [0.5, 0.6) is 5.75 Å². The van der Waals surface area contributed by atoms with Gasteiger partial charge in [0.2, 0.25) is 0 Å². The van der Waals surface area contributed by atoms with Gasteiger partial charge in [0.25, 0.3) is 0 Å². The van der Waals surface area contributed by atoms with Gasteiger partial charge in [-0.25, -0.2) is 4.98 Å². The fraction of sp³-hybridized carbons (Fsp3) is 0.583. The van der Waals surface area contributed by atoms with Gasteiger partial charge >= 0.3 is 0 Å². The van der Waals surface area contributed by atoms with Crippen molar-refractivity contribution in [1.82, 2.24) is 10.3 Å². The van der Waals surface area contributed by atoms with Gasteiger partial charge in [0.05, 0.1) is 6.20 Å². The summed E-state index contributed by atoms with van der Waals surface area (Å²) in [5.41, 5.74) is 5.52. The highest BCUT2D eigenvalue weighted by Gasteiger charge is 2.47. The average Bonchev–Trinajstić information content (AvgIpc) is 2.89. The highest BCUT2D eigenvalue weighted by atomic mass is 16.5. The van der Waals surface area contributed by atoms with Crippen LogP contribution in [-0.4, -0.2) is 23.2 Å². The Kier molecular flexibility index (Phi) is 2.24. The lowest BCUT2D eigenvalue weighted by atomic mass is 10.1. The van der Waals surface area contributed by atoms with Gasteiger partial charge in [-0.3, -0.25) is 0 Å². The minimum atomic E-state index is 0.193. The fourth-order valence-corrected chi connectivity index (χ4v) is 2.47. The number of nitrogen functional groups attached to an aromatic ring is 1. The minimum absolute atomic E-state index is 0.193. The molecule has 3 N–H and O–H groups in total. The number of rotatable bonds is 3. The van der Waals surface area contributed by atoms with Gasteiger partial charge in [-0.1, -0.05) is 0 Å². The van der Waals surface area contributed by atoms with E-state index in [0.29, 0.717) is 11.9 Å². The fourth-order valence-electron chi connectivity index (χ4n) is 2.47. The van der Waals surface area contributed by atoms with E-state index in [1.54, 1.807) is 12.3 Å². The molecule has 1 aromatic heterocycles. The summed E-state index contributed by atoms with van der Waals surface area (Å²) in [4.78, 5) is 4.01. The summed E-state index contributed by atoms with van der Waals surface area (Å²) < 4.78 is 5.84. The Morgan fingerprint density at radius 1 is 1.50 bits per heavy atom. The zero-order valence-corrected chi connectivity index (χ0v) is 9.39. The van der Waals surface area contributed by atoms with Crippen LogP contribution in [0.4, 0.5) is 5.82 Å². The molecule has 0 amide bonds. The van der Waals surface area contributed by atoms with Crippen molar-refractivity contribution >= 4 is 5.82 Å². The molecule has 0 spiro atoms. The van der Waals surface area contributed by atoms with Gasteiger partial charge in [0.1, 0.15) is 17.7 Å². The molecule has 86 valence electrons. The molecule has 1 aromatic rings. The molecule has 4 nitrogen and oxygen atoms in total. The first kappa shape index (κ1) is 9.90. The van der Waals surface area contributed by atoms with E-state index in [0.717, 1.165) is 17.7 Å². The number of anilines is 1. The molecule has 4 atom stereocenters. The highest BCUT2D eigenvalue weighted by molar-refractivity contribution is 5.32. The van der Waals surface area contributed by atoms with Crippen molar-refractivity contribution in [3.8, 4) is 5.75 Å². The molecule has 4 unspecified atom stereocenters. The first-order valence-electron chi connectivity index (χ1n) is 5.86. The second kappa shape index (κ2) is 3.63. The van der Waals surface area contributed by atoms with E-state index in [2.05, 4.69) is 17.2 Å². The summed E-state index contributed by atoms with van der Waals surface area (Å²) in [5, 5.41) is 3.59. The maximum absolute atomic E-state index is 5.84. The number of nitrogens with one attached hydrogen (secondary N) is 1. The first-order chi connectivity index (χ1) is 7.72. The lowest BCUT2D eigenvalue weighted by Crippen LogP contribution is -2.38. The molecule has 1 saturated carbocycles. The van der Waals surface area contributed by atoms with Crippen LogP contribution in [0.3, 0.4) is 0 Å². The lowest BCUT2D eigenvalue weighted by Gasteiger charge is -2.22. The highest BCUT2D eigenvalue weighted by Crippen LogP contribution is 2.41. The molecule has 0 bridgehead atoms. The molecule has 2 heterocycles. The van der Waals surface area contributed by atoms with Crippen molar-refractivity contribution in [3.05, 3.63) is 18.3 Å². The monoisotopic (exact) mass is 219 g/mol. The van der Waals surface area contributed by atoms with Gasteiger partial charge in [-0.15, -0.1) is 0 Å². The summed E-state index contributed by atoms with van der Waals surface area (Å²) in [5.74, 6) is 2.23. The van der Waals surface area contributed by atoms with E-state index in [1.165, 1.54) is 12.8 Å². The number of nitrogens with two attached hydrogens (primary N) is 1. The van der Waals surface area contributed by atoms with Crippen LogP contribution < -0.4 is 15.8 Å². The van der Waals surface area contributed by atoms with Crippen molar-refractivity contribution in [2.45, 2.75) is 38.0 Å². The van der Waals surface area contributed by atoms with Gasteiger partial charge in [0, 0.05) is 12.1 Å². The second-order valence-corrected chi connectivity index (χ2v) is 4.85. The molecule has 1 aliphatic heterocycles. The van der Waals surface area contributed by atoms with Crippen molar-refractivity contribution in [2.24, 2.45) is 5.92 Å². The zero-order chi connectivity index (χ0) is 11.1. The number of piperidine rings is 1. The summed E-state index contributed by atoms with van der Waals surface area (Å²) in [6.45, 7) is 2.11. The van der Waals surface area contributed by atoms with Crippen molar-refractivity contribution in [1.29, 1.82) is 0 Å². The quantitative estimate of drug-likeness (QED) is 0.801. The van der Waals surface area contributed by atoms with Crippen LogP contribution in [0, 0.1) is 5.92 Å². The van der Waals surface area contributed by atoms with Gasteiger partial charge in [-0.05, 0) is 37.8 Å². The Balaban J connectivity index is 1.59. The number of pyridine rings is 1. The van der Waals surface area contributed by atoms with E-state index in [4.69, 9.17) is 10.5 Å². The standard InChI is InChI=1S/C12H17N3O/c1-7(10-4-8-5-11(8)15-10)16-9-2-3-12(13)14-6-9/h2-3,6-8,10-11,15H,4-5H2,1H3,(H2,13,14). The van der Waals surface area contributed by atoms with E-state index < -0.39 is 0 Å². The summed E-state index contributed by atoms with van der Waals surface area (Å²) in [6, 6.07) is 4.89. The Morgan fingerprint density at radius 3 is 3.00 bits per heavy atom. The molecule has 1 saturated heterocycles. The molecule has 4 heteroatoms. The van der Waals surface area contributed by atoms with E-state index in [9.17, 15) is 0 Å². The molecule has 0 aromatic carbocycles. The number of nitrogens with zero attached hydrogens (tertiary/aromatic N) is 1. The van der Waals surface area contributed by atoms with Crippen molar-refractivity contribution in [2.75, 3.05) is 5.73 Å². The first-order valence-corrected chi connectivity index (χ1v) is 5.86. The average molecular weight is 219 g/mol. The molecule has 16 heavy (non-hydrogen) atoms. The lowest BCUT2D eigenvalue weighted by molar-refractivity contribution is 0.172. The molecule has 0 radical (unpaired) electrons. The van der Waals surface area contributed by atoms with Crippen LogP contribution in [-0.2, 0) is 0 Å². The van der Waals surface area contributed by atoms with E-state index in [1.807, 2.05) is 6.07 Å². The number of aromatic nitrogens is 1. The second-order valence-electron chi connectivity index (χ2n) is 4.85. The maximum atomic E-state index is 5.84. The molecular weight excluding hydrogens is 202 g/mol. The molecule has 1 aliphatic carbocycles. The predicted molar refractivity (Wildman–Crippen MR) is 62.2 cm³/mol. The van der Waals surface area contributed by atoms with Crippen LogP contribution in [0.15, 0.2) is 18.3 Å². The van der Waals surface area contributed by atoms with Crippen LogP contribution in [0.25, 0.3) is 0 Å². The Bertz CT molecular complexity index is 368. The zero-order valence-electron chi connectivity index (χ0n) is 9.39. The van der Waals surface area contributed by atoms with Gasteiger partial charge in [-0.2, -0.15) is 0 Å². The topological polar surface area (TPSA) is 60.2 Å². The number of ether oxygens (including phenoxy) is 1. The Hall–Kier alpha value is -1.29. The summed E-state index contributed by atoms with van der Waals surface area (Å²) in [7, 11) is 0. The SMILES string of the molecule is CC(Oc1ccc(N)nc1)C1CC2CC2N1. The van der Waals surface area contributed by atoms with Crippen LogP contribution in [0.2, 0.25) is 0 Å². The van der Waals surface area contributed by atoms with Crippen molar-refractivity contribution < 1.29 is 4.74 Å². The predicted octanol–water partition coefficient (Wildman–Crippen LogP) is 1.18. The van der Waals surface area contributed by atoms with E-state index >= 15 is 0 Å². The number of hydrogen-bond donors (Lipinski definition) is 2. The molecule has 2 aliphatic rings. The van der Waals surface area contributed by atoms with Crippen LogP contribution >= 0.6 is 0 Å². The smallest absolute Gasteiger partial charge is 0.138 e. The Morgan fingerprint density at radius 2 is 2.38 bits per heavy atom. The van der Waals surface area contributed by atoms with Crippen LogP contribution in [0.1, 0.15) is 19.8 Å². The van der Waals surface area contributed by atoms with Gasteiger partial charge in [0.15, 0.2) is 0 Å². The third kappa shape index (κ3) is 1.85. The third-order valence-corrected chi connectivity index (χ3v) is 3.56. The molecule has 2 fully saturated rings. The maximum Gasteiger partial charge on any atom is 0.138 e. The largest absolute Gasteiger partial charge is 0.487 e. The number of fused-ring (bicyclic) bond motifs is 1. The van der Waals surface area contributed by atoms with Gasteiger partial charge < -0.3 is 15.8 Å². The van der Waals surface area contributed by atoms with E-state index in [-0.39, 0.29) is 6.10 Å². The molecule has 3 rings (SSSR count). The third-order valence-electron chi connectivity index (χ3n) is 3.56. The van der Waals surface area contributed by atoms with Crippen molar-refractivity contribution in [3.63, 3.8) is 0 Å². The normalized spacial score (nSPS) is 33.2. The number of hydrogen-bond acceptors (Lipinski definition) is 4. The summed E-state index contributed by atoms with van der Waals surface area (Å²) in [6.07, 6.45) is 4.47. The molecular formula is C12H17N3O.